The third-order valence-corrected chi connectivity index (χ3v) is 2.25. The molecule has 0 amide bonds. The lowest BCUT2D eigenvalue weighted by Gasteiger charge is -2.08. The third kappa shape index (κ3) is 2.08. The van der Waals surface area contributed by atoms with Gasteiger partial charge in [-0.15, -0.1) is 10.2 Å². The molecule has 0 spiro atoms. The molecule has 0 aromatic carbocycles. The van der Waals surface area contributed by atoms with Crippen molar-refractivity contribution in [2.24, 2.45) is 18.7 Å². The van der Waals surface area contributed by atoms with E-state index in [1.807, 2.05) is 6.92 Å². The molecule has 1 aromatic heterocycles. The van der Waals surface area contributed by atoms with E-state index in [0.29, 0.717) is 12.2 Å². The zero-order valence-electron chi connectivity index (χ0n) is 8.27. The van der Waals surface area contributed by atoms with Gasteiger partial charge >= 0.3 is 5.97 Å². The maximum absolute atomic E-state index is 10.7. The van der Waals surface area contributed by atoms with Crippen molar-refractivity contribution >= 4 is 5.97 Å². The van der Waals surface area contributed by atoms with Crippen molar-refractivity contribution in [2.45, 2.75) is 13.3 Å². The molecule has 1 atom stereocenters. The number of carbonyl (C=O) groups is 1. The summed E-state index contributed by atoms with van der Waals surface area (Å²) < 4.78 is 1.77. The summed E-state index contributed by atoms with van der Waals surface area (Å²) in [5.74, 6) is -0.0630. The van der Waals surface area contributed by atoms with E-state index < -0.39 is 11.9 Å². The van der Waals surface area contributed by atoms with Crippen LogP contribution in [-0.2, 0) is 18.3 Å². The zero-order chi connectivity index (χ0) is 10.7. The van der Waals surface area contributed by atoms with Crippen molar-refractivity contribution in [3.8, 4) is 0 Å². The number of hydrogen-bond donors (Lipinski definition) is 2. The standard InChI is InChI=1S/C8H14N4O2/c1-5-10-11-7(12(5)2)3-6(4-9)8(13)14/h6H,3-4,9H2,1-2H3,(H,13,14). The van der Waals surface area contributed by atoms with Crippen LogP contribution >= 0.6 is 0 Å². The largest absolute Gasteiger partial charge is 0.481 e. The van der Waals surface area contributed by atoms with Crippen LogP contribution in [0, 0.1) is 12.8 Å². The molecule has 1 aromatic rings. The SMILES string of the molecule is Cc1nnc(CC(CN)C(=O)O)n1C. The van der Waals surface area contributed by atoms with Gasteiger partial charge in [0.05, 0.1) is 5.92 Å². The quantitative estimate of drug-likeness (QED) is 0.668. The second-order valence-corrected chi connectivity index (χ2v) is 3.20. The van der Waals surface area contributed by atoms with Gasteiger partial charge in [-0.25, -0.2) is 0 Å². The fraction of sp³-hybridized carbons (Fsp3) is 0.625. The summed E-state index contributed by atoms with van der Waals surface area (Å²) in [5, 5.41) is 16.5. The number of nitrogens with two attached hydrogens (primary N) is 1. The number of rotatable bonds is 4. The summed E-state index contributed by atoms with van der Waals surface area (Å²) in [5.41, 5.74) is 5.34. The van der Waals surface area contributed by atoms with Crippen molar-refractivity contribution in [1.29, 1.82) is 0 Å². The predicted octanol–water partition coefficient (Wildman–Crippen LogP) is -0.674. The van der Waals surface area contributed by atoms with Gasteiger partial charge in [0.25, 0.3) is 0 Å². The average molecular weight is 198 g/mol. The monoisotopic (exact) mass is 198 g/mol. The molecule has 14 heavy (non-hydrogen) atoms. The molecule has 3 N–H and O–H groups in total. The molecular formula is C8H14N4O2. The van der Waals surface area contributed by atoms with Crippen LogP contribution in [0.2, 0.25) is 0 Å². The van der Waals surface area contributed by atoms with Crippen LogP contribution in [-0.4, -0.2) is 32.4 Å². The van der Waals surface area contributed by atoms with E-state index in [-0.39, 0.29) is 6.54 Å². The minimum Gasteiger partial charge on any atom is -0.481 e. The average Bonchev–Trinajstić information content (AvgIpc) is 2.44. The first-order valence-electron chi connectivity index (χ1n) is 4.34. The molecule has 0 fully saturated rings. The Bertz CT molecular complexity index is 334. The summed E-state index contributed by atoms with van der Waals surface area (Å²) in [4.78, 5) is 10.7. The Morgan fingerprint density at radius 3 is 2.64 bits per heavy atom. The lowest BCUT2D eigenvalue weighted by atomic mass is 10.1. The van der Waals surface area contributed by atoms with Gasteiger partial charge in [-0.05, 0) is 6.92 Å². The van der Waals surface area contributed by atoms with E-state index in [0.717, 1.165) is 5.82 Å². The minimum atomic E-state index is -0.895. The zero-order valence-corrected chi connectivity index (χ0v) is 8.27. The highest BCUT2D eigenvalue weighted by atomic mass is 16.4. The van der Waals surface area contributed by atoms with Gasteiger partial charge < -0.3 is 15.4 Å². The number of nitrogens with zero attached hydrogens (tertiary/aromatic N) is 3. The first-order chi connectivity index (χ1) is 6.56. The molecule has 1 rings (SSSR count). The number of hydrogen-bond acceptors (Lipinski definition) is 4. The van der Waals surface area contributed by atoms with Gasteiger partial charge in [0.1, 0.15) is 11.6 Å². The van der Waals surface area contributed by atoms with Crippen molar-refractivity contribution in [1.82, 2.24) is 14.8 Å². The van der Waals surface area contributed by atoms with E-state index in [4.69, 9.17) is 10.8 Å². The molecule has 1 heterocycles. The topological polar surface area (TPSA) is 94.0 Å². The second-order valence-electron chi connectivity index (χ2n) is 3.20. The van der Waals surface area contributed by atoms with E-state index in [1.54, 1.807) is 11.6 Å². The summed E-state index contributed by atoms with van der Waals surface area (Å²) in [6.45, 7) is 1.93. The number of aromatic nitrogens is 3. The molecule has 0 aliphatic carbocycles. The molecule has 0 saturated carbocycles. The van der Waals surface area contributed by atoms with Gasteiger partial charge in [-0.3, -0.25) is 4.79 Å². The van der Waals surface area contributed by atoms with E-state index in [2.05, 4.69) is 10.2 Å². The molecule has 0 saturated heterocycles. The Morgan fingerprint density at radius 1 is 1.64 bits per heavy atom. The fourth-order valence-electron chi connectivity index (χ4n) is 1.12. The predicted molar refractivity (Wildman–Crippen MR) is 49.6 cm³/mol. The van der Waals surface area contributed by atoms with E-state index in [9.17, 15) is 4.79 Å². The highest BCUT2D eigenvalue weighted by Crippen LogP contribution is 2.06. The second kappa shape index (κ2) is 4.19. The Hall–Kier alpha value is -1.43. The number of carboxylic acid groups (broad SMARTS) is 1. The molecule has 6 nitrogen and oxygen atoms in total. The van der Waals surface area contributed by atoms with Crippen LogP contribution in [0.3, 0.4) is 0 Å². The number of aryl methyl sites for hydroxylation is 1. The summed E-state index contributed by atoms with van der Waals surface area (Å²) in [7, 11) is 1.81. The Labute approximate surface area is 81.7 Å². The molecule has 1 unspecified atom stereocenters. The number of carboxylic acids is 1. The van der Waals surface area contributed by atoms with Crippen molar-refractivity contribution in [3.05, 3.63) is 11.6 Å². The van der Waals surface area contributed by atoms with Crippen LogP contribution in [0.15, 0.2) is 0 Å². The molecule has 78 valence electrons. The first-order valence-corrected chi connectivity index (χ1v) is 4.34. The Kier molecular flexibility index (Phi) is 3.19. The van der Waals surface area contributed by atoms with Crippen LogP contribution in [0.4, 0.5) is 0 Å². The van der Waals surface area contributed by atoms with E-state index in [1.165, 1.54) is 0 Å². The smallest absolute Gasteiger partial charge is 0.308 e. The highest BCUT2D eigenvalue weighted by Gasteiger charge is 2.19. The molecule has 6 heteroatoms. The maximum Gasteiger partial charge on any atom is 0.308 e. The summed E-state index contributed by atoms with van der Waals surface area (Å²) in [6, 6.07) is 0. The van der Waals surface area contributed by atoms with Crippen LogP contribution in [0.5, 0.6) is 0 Å². The first kappa shape index (κ1) is 10.6. The van der Waals surface area contributed by atoms with Gasteiger partial charge in [0, 0.05) is 20.0 Å². The highest BCUT2D eigenvalue weighted by molar-refractivity contribution is 5.70. The third-order valence-electron chi connectivity index (χ3n) is 2.25. The van der Waals surface area contributed by atoms with Crippen LogP contribution in [0.1, 0.15) is 11.6 Å². The van der Waals surface area contributed by atoms with Crippen LogP contribution < -0.4 is 5.73 Å². The normalized spacial score (nSPS) is 12.8. The molecule has 0 radical (unpaired) electrons. The van der Waals surface area contributed by atoms with Gasteiger partial charge in [0.2, 0.25) is 0 Å². The summed E-state index contributed by atoms with van der Waals surface area (Å²) in [6.07, 6.45) is 0.323. The molecule has 0 aliphatic heterocycles. The van der Waals surface area contributed by atoms with Crippen LogP contribution in [0.25, 0.3) is 0 Å². The Balaban J connectivity index is 2.77. The maximum atomic E-state index is 10.7. The Morgan fingerprint density at radius 2 is 2.29 bits per heavy atom. The van der Waals surface area contributed by atoms with Crippen molar-refractivity contribution in [3.63, 3.8) is 0 Å². The minimum absolute atomic E-state index is 0.112. The van der Waals surface area contributed by atoms with Gasteiger partial charge in [-0.2, -0.15) is 0 Å². The van der Waals surface area contributed by atoms with Gasteiger partial charge in [-0.1, -0.05) is 0 Å². The van der Waals surface area contributed by atoms with Crippen molar-refractivity contribution < 1.29 is 9.90 Å². The van der Waals surface area contributed by atoms with Crippen molar-refractivity contribution in [2.75, 3.05) is 6.54 Å². The summed E-state index contributed by atoms with van der Waals surface area (Å²) >= 11 is 0. The molecule has 0 bridgehead atoms. The fourth-order valence-corrected chi connectivity index (χ4v) is 1.12. The lowest BCUT2D eigenvalue weighted by molar-refractivity contribution is -0.141. The lowest BCUT2D eigenvalue weighted by Crippen LogP contribution is -2.26. The van der Waals surface area contributed by atoms with E-state index >= 15 is 0 Å². The number of aliphatic carboxylic acids is 1. The molecular weight excluding hydrogens is 184 g/mol. The van der Waals surface area contributed by atoms with Gasteiger partial charge in [0.15, 0.2) is 0 Å². The molecule has 0 aliphatic rings.